The van der Waals surface area contributed by atoms with Gasteiger partial charge in [-0.2, -0.15) is 0 Å². The Hall–Kier alpha value is 0.171. The van der Waals surface area contributed by atoms with Crippen molar-refractivity contribution in [1.82, 2.24) is 29.4 Å². The lowest BCUT2D eigenvalue weighted by atomic mass is 10.2. The molecule has 53 heavy (non-hydrogen) atoms. The molecule has 0 aromatic heterocycles. The monoisotopic (exact) mass is 811 g/mol. The minimum atomic E-state index is -2.32. The van der Waals surface area contributed by atoms with E-state index in [4.69, 9.17) is 17.7 Å². The van der Waals surface area contributed by atoms with E-state index in [9.17, 15) is 10.2 Å². The Morgan fingerprint density at radius 3 is 0.981 bits per heavy atom. The standard InChI is InChI=1S/C38H90N6O6Si3/c1-39(2)21-15-25-43(26-16-22-40(3)4)33-37(45)35-47-29-19-31-51(9,10)49-53(13,14)50-52(11,12)32-20-30-48-36-38(46)34-44(27-17-23-41(5)6)28-18-24-42(7)8/h37-38,45-46H,15-36H2,1-14H3. The largest absolute Gasteiger partial charge is 0.437 e. The molecule has 0 rings (SSSR count). The number of aliphatic hydroxyl groups excluding tert-OH is 2. The van der Waals surface area contributed by atoms with Crippen molar-refractivity contribution in [2.24, 2.45) is 0 Å². The predicted octanol–water partition coefficient (Wildman–Crippen LogP) is 4.08. The van der Waals surface area contributed by atoms with Crippen molar-refractivity contribution in [3.05, 3.63) is 0 Å². The van der Waals surface area contributed by atoms with Gasteiger partial charge >= 0.3 is 8.56 Å². The first-order chi connectivity index (χ1) is 24.6. The third-order valence-electron chi connectivity index (χ3n) is 9.06. The van der Waals surface area contributed by atoms with Gasteiger partial charge in [0.25, 0.3) is 0 Å². The number of ether oxygens (including phenoxy) is 2. The van der Waals surface area contributed by atoms with Crippen molar-refractivity contribution in [3.63, 3.8) is 0 Å². The van der Waals surface area contributed by atoms with E-state index in [1.54, 1.807) is 0 Å². The summed E-state index contributed by atoms with van der Waals surface area (Å²) in [5, 5.41) is 21.5. The Labute approximate surface area is 331 Å². The number of aliphatic hydroxyl groups is 2. The van der Waals surface area contributed by atoms with Gasteiger partial charge in [0, 0.05) is 26.3 Å². The summed E-state index contributed by atoms with van der Waals surface area (Å²) >= 11 is 0. The summed E-state index contributed by atoms with van der Waals surface area (Å²) in [4.78, 5) is 13.6. The first-order valence-corrected chi connectivity index (χ1v) is 29.6. The van der Waals surface area contributed by atoms with Crippen molar-refractivity contribution >= 4 is 25.2 Å². The van der Waals surface area contributed by atoms with Crippen molar-refractivity contribution in [2.75, 3.05) is 148 Å². The zero-order chi connectivity index (χ0) is 40.5. The zero-order valence-electron chi connectivity index (χ0n) is 37.4. The highest BCUT2D eigenvalue weighted by molar-refractivity contribution is 6.87. The molecule has 15 heteroatoms. The van der Waals surface area contributed by atoms with Gasteiger partial charge in [-0.3, -0.25) is 0 Å². The van der Waals surface area contributed by atoms with Gasteiger partial charge in [0.15, 0.2) is 16.6 Å². The second kappa shape index (κ2) is 29.4. The molecule has 0 aliphatic rings. The molecule has 0 aromatic rings. The number of rotatable bonds is 36. The van der Waals surface area contributed by atoms with Crippen molar-refractivity contribution in [1.29, 1.82) is 0 Å². The Morgan fingerprint density at radius 1 is 0.434 bits per heavy atom. The second-order valence-corrected chi connectivity index (χ2v) is 30.5. The lowest BCUT2D eigenvalue weighted by Gasteiger charge is -2.38. The third kappa shape index (κ3) is 34.0. The van der Waals surface area contributed by atoms with Gasteiger partial charge in [-0.15, -0.1) is 0 Å². The van der Waals surface area contributed by atoms with Crippen LogP contribution in [0.25, 0.3) is 0 Å². The first-order valence-electron chi connectivity index (χ1n) is 20.6. The summed E-state index contributed by atoms with van der Waals surface area (Å²) in [6.07, 6.45) is 5.29. The summed E-state index contributed by atoms with van der Waals surface area (Å²) in [7, 11) is 10.7. The molecule has 0 fully saturated rings. The molecule has 0 bridgehead atoms. The van der Waals surface area contributed by atoms with E-state index < -0.39 is 37.4 Å². The second-order valence-electron chi connectivity index (χ2n) is 18.0. The van der Waals surface area contributed by atoms with Crippen LogP contribution in [0.15, 0.2) is 0 Å². The molecular weight excluding hydrogens is 721 g/mol. The fourth-order valence-corrected chi connectivity index (χ4v) is 20.8. The minimum absolute atomic E-state index is 0.374. The molecule has 2 atom stereocenters. The van der Waals surface area contributed by atoms with Crippen LogP contribution < -0.4 is 0 Å². The third-order valence-corrected chi connectivity index (χ3v) is 20.5. The van der Waals surface area contributed by atoms with Crippen LogP contribution in [-0.4, -0.2) is 225 Å². The summed E-state index contributed by atoms with van der Waals surface area (Å²) in [6.45, 7) is 25.1. The summed E-state index contributed by atoms with van der Waals surface area (Å²) in [6, 6.07) is 2.01. The van der Waals surface area contributed by atoms with E-state index in [0.717, 1.165) is 103 Å². The predicted molar refractivity (Wildman–Crippen MR) is 233 cm³/mol. The molecule has 2 N–H and O–H groups in total. The molecule has 12 nitrogen and oxygen atoms in total. The molecule has 0 saturated heterocycles. The van der Waals surface area contributed by atoms with Crippen LogP contribution in [0.2, 0.25) is 51.4 Å². The Kier molecular flexibility index (Phi) is 29.5. The van der Waals surface area contributed by atoms with Crippen LogP contribution in [-0.2, 0) is 17.7 Å². The fraction of sp³-hybridized carbons (Fsp3) is 1.00. The smallest absolute Gasteiger partial charge is 0.311 e. The molecule has 0 aliphatic heterocycles. The average Bonchev–Trinajstić information content (AvgIpc) is 2.98. The van der Waals surface area contributed by atoms with Crippen LogP contribution in [0.1, 0.15) is 38.5 Å². The number of nitrogens with zero attached hydrogens (tertiary/aromatic N) is 6. The highest BCUT2D eigenvalue weighted by Gasteiger charge is 2.39. The van der Waals surface area contributed by atoms with E-state index in [0.29, 0.717) is 39.5 Å². The lowest BCUT2D eigenvalue weighted by molar-refractivity contribution is 0.0158. The Bertz CT molecular complexity index is 782. The van der Waals surface area contributed by atoms with Gasteiger partial charge in [0.1, 0.15) is 0 Å². The topological polar surface area (TPSA) is 96.8 Å². The maximum Gasteiger partial charge on any atom is 0.311 e. The molecule has 0 aromatic carbocycles. The molecule has 0 spiro atoms. The maximum absolute atomic E-state index is 10.7. The molecule has 0 saturated carbocycles. The van der Waals surface area contributed by atoms with E-state index in [1.807, 2.05) is 0 Å². The first kappa shape index (κ1) is 53.2. The van der Waals surface area contributed by atoms with Gasteiger partial charge in [-0.25, -0.2) is 0 Å². The van der Waals surface area contributed by atoms with Crippen molar-refractivity contribution in [2.45, 2.75) is 102 Å². The maximum atomic E-state index is 10.7. The van der Waals surface area contributed by atoms with Crippen molar-refractivity contribution < 1.29 is 27.9 Å². The van der Waals surface area contributed by atoms with Crippen LogP contribution in [0.4, 0.5) is 0 Å². The number of hydrogen-bond acceptors (Lipinski definition) is 12. The minimum Gasteiger partial charge on any atom is -0.437 e. The Balaban J connectivity index is 4.53. The molecule has 320 valence electrons. The normalized spacial score (nSPS) is 14.6. The molecule has 0 aliphatic carbocycles. The van der Waals surface area contributed by atoms with Crippen LogP contribution in [0.5, 0.6) is 0 Å². The van der Waals surface area contributed by atoms with Gasteiger partial charge in [-0.05, 0) is 199 Å². The average molecular weight is 811 g/mol. The quantitative estimate of drug-likeness (QED) is 0.0706. The SMILES string of the molecule is CN(C)CCCN(CCCN(C)C)CC(O)COCCC[Si](C)(C)O[Si](C)(C)O[Si](C)(C)CCCOCC(O)CN(CCCN(C)C)CCCN(C)C. The number of hydrogen-bond donors (Lipinski definition) is 2. The van der Waals surface area contributed by atoms with Crippen LogP contribution in [0.3, 0.4) is 0 Å². The fourth-order valence-electron chi connectivity index (χ4n) is 6.82. The van der Waals surface area contributed by atoms with E-state index in [-0.39, 0.29) is 0 Å². The molecule has 0 amide bonds. The Morgan fingerprint density at radius 2 is 0.717 bits per heavy atom. The van der Waals surface area contributed by atoms with E-state index in [1.165, 1.54) is 0 Å². The van der Waals surface area contributed by atoms with E-state index in [2.05, 4.69) is 125 Å². The summed E-state index contributed by atoms with van der Waals surface area (Å²) in [5.41, 5.74) is 0. The summed E-state index contributed by atoms with van der Waals surface area (Å²) in [5.74, 6) is 0. The highest BCUT2D eigenvalue weighted by Crippen LogP contribution is 2.26. The molecule has 0 heterocycles. The lowest BCUT2D eigenvalue weighted by Crippen LogP contribution is -2.52. The van der Waals surface area contributed by atoms with E-state index >= 15 is 0 Å². The van der Waals surface area contributed by atoms with Gasteiger partial charge in [0.2, 0.25) is 0 Å². The van der Waals surface area contributed by atoms with Crippen LogP contribution >= 0.6 is 0 Å². The molecule has 0 radical (unpaired) electrons. The summed E-state index contributed by atoms with van der Waals surface area (Å²) < 4.78 is 25.6. The highest BCUT2D eigenvalue weighted by atomic mass is 28.5. The van der Waals surface area contributed by atoms with Gasteiger partial charge in [-0.1, -0.05) is 0 Å². The van der Waals surface area contributed by atoms with Gasteiger partial charge in [0.05, 0.1) is 25.4 Å². The van der Waals surface area contributed by atoms with Crippen LogP contribution in [0, 0.1) is 0 Å². The zero-order valence-corrected chi connectivity index (χ0v) is 40.4. The van der Waals surface area contributed by atoms with Crippen molar-refractivity contribution in [3.8, 4) is 0 Å². The molecule has 2 unspecified atom stereocenters. The van der Waals surface area contributed by atoms with Gasteiger partial charge < -0.3 is 57.3 Å². The molecular formula is C38H90N6O6Si3.